The topological polar surface area (TPSA) is 59.2 Å². The number of hydrogen-bond acceptors (Lipinski definition) is 5. The zero-order valence-electron chi connectivity index (χ0n) is 10.3. The predicted molar refractivity (Wildman–Crippen MR) is 74.2 cm³/mol. The Labute approximate surface area is 114 Å². The van der Waals surface area contributed by atoms with E-state index in [1.54, 1.807) is 17.8 Å². The molecule has 0 spiro atoms. The summed E-state index contributed by atoms with van der Waals surface area (Å²) >= 11 is 1.66. The van der Waals surface area contributed by atoms with E-state index in [2.05, 4.69) is 14.9 Å². The molecule has 3 rings (SSSR count). The Hall–Kier alpha value is -2.01. The van der Waals surface area contributed by atoms with Gasteiger partial charge in [-0.25, -0.2) is 4.63 Å². The summed E-state index contributed by atoms with van der Waals surface area (Å²) in [4.78, 5) is 1.11. The molecule has 0 saturated heterocycles. The minimum Gasteiger partial charge on any atom is -0.507 e. The van der Waals surface area contributed by atoms with Crippen LogP contribution in [0.3, 0.4) is 0 Å². The number of benzene rings is 2. The van der Waals surface area contributed by atoms with Gasteiger partial charge in [0.1, 0.15) is 17.1 Å². The molecule has 0 amide bonds. The number of phenolic OH excluding ortho intramolecular Hbond substituents is 1. The van der Waals surface area contributed by atoms with E-state index in [1.807, 2.05) is 37.3 Å². The Morgan fingerprint density at radius 3 is 2.63 bits per heavy atom. The standard InChI is InChI=1S/C14H12N2O2S/c1-9-12(16-18-15-9)8-19-14-7-6-13(17)10-4-2-3-5-11(10)14/h2-7,17H,8H2,1H3. The Kier molecular flexibility index (Phi) is 3.13. The molecule has 19 heavy (non-hydrogen) atoms. The summed E-state index contributed by atoms with van der Waals surface area (Å²) in [5, 5.41) is 19.4. The van der Waals surface area contributed by atoms with Crippen molar-refractivity contribution >= 4 is 22.5 Å². The molecule has 0 fully saturated rings. The lowest BCUT2D eigenvalue weighted by Gasteiger charge is -2.06. The molecule has 1 aromatic heterocycles. The van der Waals surface area contributed by atoms with Crippen molar-refractivity contribution in [2.75, 3.05) is 0 Å². The first-order valence-corrected chi connectivity index (χ1v) is 6.86. The largest absolute Gasteiger partial charge is 0.507 e. The summed E-state index contributed by atoms with van der Waals surface area (Å²) < 4.78 is 4.69. The maximum absolute atomic E-state index is 9.85. The van der Waals surface area contributed by atoms with E-state index in [0.717, 1.165) is 27.1 Å². The van der Waals surface area contributed by atoms with Crippen LogP contribution in [0.25, 0.3) is 10.8 Å². The van der Waals surface area contributed by atoms with Gasteiger partial charge in [0.25, 0.3) is 0 Å². The van der Waals surface area contributed by atoms with Gasteiger partial charge in [0.05, 0.1) is 0 Å². The fourth-order valence-corrected chi connectivity index (χ4v) is 2.96. The molecule has 1 heterocycles. The van der Waals surface area contributed by atoms with E-state index in [-0.39, 0.29) is 0 Å². The van der Waals surface area contributed by atoms with Crippen LogP contribution in [0.2, 0.25) is 0 Å². The second-order valence-electron chi connectivity index (χ2n) is 4.21. The molecule has 0 radical (unpaired) electrons. The van der Waals surface area contributed by atoms with Gasteiger partial charge in [0.2, 0.25) is 0 Å². The first-order valence-electron chi connectivity index (χ1n) is 5.87. The first-order chi connectivity index (χ1) is 9.25. The van der Waals surface area contributed by atoms with Crippen LogP contribution in [0.1, 0.15) is 11.4 Å². The monoisotopic (exact) mass is 272 g/mol. The molecule has 0 atom stereocenters. The van der Waals surface area contributed by atoms with E-state index in [0.29, 0.717) is 11.5 Å². The van der Waals surface area contributed by atoms with Crippen LogP contribution >= 0.6 is 11.8 Å². The molecule has 96 valence electrons. The number of aryl methyl sites for hydroxylation is 1. The summed E-state index contributed by atoms with van der Waals surface area (Å²) in [7, 11) is 0. The van der Waals surface area contributed by atoms with Crippen molar-refractivity contribution in [3.8, 4) is 5.75 Å². The quantitative estimate of drug-likeness (QED) is 0.739. The van der Waals surface area contributed by atoms with Crippen molar-refractivity contribution in [3.05, 3.63) is 47.8 Å². The van der Waals surface area contributed by atoms with Gasteiger partial charge >= 0.3 is 0 Å². The van der Waals surface area contributed by atoms with Gasteiger partial charge in [-0.05, 0) is 24.4 Å². The number of nitrogens with zero attached hydrogens (tertiary/aromatic N) is 2. The highest BCUT2D eigenvalue weighted by atomic mass is 32.2. The summed E-state index contributed by atoms with van der Waals surface area (Å²) in [5.41, 5.74) is 1.66. The fourth-order valence-electron chi connectivity index (χ4n) is 1.91. The first kappa shape index (κ1) is 12.0. The third-order valence-corrected chi connectivity index (χ3v) is 4.06. The van der Waals surface area contributed by atoms with Gasteiger partial charge in [-0.15, -0.1) is 11.8 Å². The van der Waals surface area contributed by atoms with Crippen LogP contribution in [0, 0.1) is 6.92 Å². The zero-order valence-corrected chi connectivity index (χ0v) is 11.1. The van der Waals surface area contributed by atoms with Crippen LogP contribution in [-0.4, -0.2) is 15.4 Å². The molecule has 4 nitrogen and oxygen atoms in total. The highest BCUT2D eigenvalue weighted by Crippen LogP contribution is 2.34. The van der Waals surface area contributed by atoms with Gasteiger partial charge in [0.15, 0.2) is 0 Å². The van der Waals surface area contributed by atoms with Crippen LogP contribution in [0.15, 0.2) is 45.9 Å². The summed E-state index contributed by atoms with van der Waals surface area (Å²) in [6.45, 7) is 1.88. The van der Waals surface area contributed by atoms with E-state index in [4.69, 9.17) is 0 Å². The molecule has 0 unspecified atom stereocenters. The Morgan fingerprint density at radius 2 is 1.89 bits per heavy atom. The highest BCUT2D eigenvalue weighted by molar-refractivity contribution is 7.98. The number of rotatable bonds is 3. The smallest absolute Gasteiger partial charge is 0.123 e. The Morgan fingerprint density at radius 1 is 1.11 bits per heavy atom. The van der Waals surface area contributed by atoms with E-state index >= 15 is 0 Å². The van der Waals surface area contributed by atoms with Crippen molar-refractivity contribution < 1.29 is 9.74 Å². The Balaban J connectivity index is 1.93. The van der Waals surface area contributed by atoms with Crippen molar-refractivity contribution in [1.82, 2.24) is 10.3 Å². The summed E-state index contributed by atoms with van der Waals surface area (Å²) in [6, 6.07) is 11.4. The lowest BCUT2D eigenvalue weighted by molar-refractivity contribution is 0.302. The molecule has 5 heteroatoms. The number of aromatic nitrogens is 2. The molecule has 3 aromatic rings. The molecule has 2 aromatic carbocycles. The van der Waals surface area contributed by atoms with Gasteiger partial charge in [-0.1, -0.05) is 34.6 Å². The summed E-state index contributed by atoms with van der Waals surface area (Å²) in [6.07, 6.45) is 0. The van der Waals surface area contributed by atoms with Crippen LogP contribution in [0.5, 0.6) is 5.75 Å². The third-order valence-electron chi connectivity index (χ3n) is 2.97. The van der Waals surface area contributed by atoms with Crippen LogP contribution in [0.4, 0.5) is 0 Å². The number of aromatic hydroxyl groups is 1. The van der Waals surface area contributed by atoms with Crippen LogP contribution in [-0.2, 0) is 5.75 Å². The molecular formula is C14H12N2O2S. The average Bonchev–Trinajstić information content (AvgIpc) is 2.84. The second-order valence-corrected chi connectivity index (χ2v) is 5.23. The minimum atomic E-state index is 0.305. The fraction of sp³-hybridized carbons (Fsp3) is 0.143. The SMILES string of the molecule is Cc1nonc1CSc1ccc(O)c2ccccc12. The maximum atomic E-state index is 9.85. The highest BCUT2D eigenvalue weighted by Gasteiger charge is 2.09. The second kappa shape index (κ2) is 4.93. The van der Waals surface area contributed by atoms with Gasteiger partial charge in [0, 0.05) is 16.0 Å². The van der Waals surface area contributed by atoms with Crippen molar-refractivity contribution in [2.45, 2.75) is 17.6 Å². The lowest BCUT2D eigenvalue weighted by Crippen LogP contribution is -1.85. The number of fused-ring (bicyclic) bond motifs is 1. The molecule has 0 aliphatic heterocycles. The average molecular weight is 272 g/mol. The summed E-state index contributed by atoms with van der Waals surface area (Å²) in [5.74, 6) is 1.00. The van der Waals surface area contributed by atoms with Gasteiger partial charge in [-0.2, -0.15) is 0 Å². The molecule has 1 N–H and O–H groups in total. The van der Waals surface area contributed by atoms with Crippen molar-refractivity contribution in [1.29, 1.82) is 0 Å². The molecular weight excluding hydrogens is 260 g/mol. The number of phenols is 1. The Bertz CT molecular complexity index is 724. The molecule has 0 aliphatic carbocycles. The van der Waals surface area contributed by atoms with E-state index < -0.39 is 0 Å². The number of hydrogen-bond donors (Lipinski definition) is 1. The van der Waals surface area contributed by atoms with Crippen molar-refractivity contribution in [2.24, 2.45) is 0 Å². The maximum Gasteiger partial charge on any atom is 0.123 e. The van der Waals surface area contributed by atoms with Gasteiger partial charge < -0.3 is 5.11 Å². The number of thioether (sulfide) groups is 1. The zero-order chi connectivity index (χ0) is 13.2. The van der Waals surface area contributed by atoms with Crippen molar-refractivity contribution in [3.63, 3.8) is 0 Å². The molecule has 0 saturated carbocycles. The van der Waals surface area contributed by atoms with E-state index in [9.17, 15) is 5.11 Å². The minimum absolute atomic E-state index is 0.305. The van der Waals surface area contributed by atoms with Crippen LogP contribution < -0.4 is 0 Å². The molecule has 0 bridgehead atoms. The third kappa shape index (κ3) is 2.29. The normalized spacial score (nSPS) is 11.0. The van der Waals surface area contributed by atoms with E-state index in [1.165, 1.54) is 0 Å². The predicted octanol–water partition coefficient (Wildman–Crippen LogP) is 3.53. The lowest BCUT2D eigenvalue weighted by atomic mass is 10.1. The van der Waals surface area contributed by atoms with Gasteiger partial charge in [-0.3, -0.25) is 0 Å². The molecule has 0 aliphatic rings.